The fraction of sp³-hybridized carbons (Fsp3) is 0.467. The van der Waals surface area contributed by atoms with Crippen molar-refractivity contribution in [3.63, 3.8) is 0 Å². The zero-order valence-electron chi connectivity index (χ0n) is 11.9. The first-order chi connectivity index (χ1) is 9.55. The van der Waals surface area contributed by atoms with Gasteiger partial charge in [-0.05, 0) is 50.2 Å². The van der Waals surface area contributed by atoms with E-state index in [9.17, 15) is 9.59 Å². The monoisotopic (exact) mass is 276 g/mol. The minimum Gasteiger partial charge on any atom is -0.465 e. The Hall–Kier alpha value is -1.88. The van der Waals surface area contributed by atoms with E-state index < -0.39 is 0 Å². The van der Waals surface area contributed by atoms with Crippen LogP contribution in [0.2, 0.25) is 0 Å². The normalized spacial score (nSPS) is 17.3. The fourth-order valence-electron chi connectivity index (χ4n) is 2.30. The van der Waals surface area contributed by atoms with E-state index in [1.807, 2.05) is 6.92 Å². The molecule has 0 saturated carbocycles. The molecule has 5 heteroatoms. The van der Waals surface area contributed by atoms with E-state index in [4.69, 9.17) is 0 Å². The SMILES string of the molecule is COC(=O)c1ccc(NC(=O)C2(C)CCNCC2)cc1. The molecule has 0 radical (unpaired) electrons. The zero-order valence-corrected chi connectivity index (χ0v) is 11.9. The molecule has 5 nitrogen and oxygen atoms in total. The molecule has 0 atom stereocenters. The van der Waals surface area contributed by atoms with Crippen molar-refractivity contribution in [2.45, 2.75) is 19.8 Å². The van der Waals surface area contributed by atoms with Gasteiger partial charge in [0.2, 0.25) is 5.91 Å². The van der Waals surface area contributed by atoms with E-state index in [0.717, 1.165) is 25.9 Å². The number of anilines is 1. The van der Waals surface area contributed by atoms with Gasteiger partial charge in [0.1, 0.15) is 0 Å². The molecule has 1 aliphatic heterocycles. The zero-order chi connectivity index (χ0) is 14.6. The van der Waals surface area contributed by atoms with Gasteiger partial charge < -0.3 is 15.4 Å². The van der Waals surface area contributed by atoms with Gasteiger partial charge in [-0.25, -0.2) is 4.79 Å². The predicted octanol–water partition coefficient (Wildman–Crippen LogP) is 1.80. The predicted molar refractivity (Wildman–Crippen MR) is 76.6 cm³/mol. The maximum atomic E-state index is 12.3. The van der Waals surface area contributed by atoms with Crippen LogP contribution >= 0.6 is 0 Å². The highest BCUT2D eigenvalue weighted by molar-refractivity contribution is 5.96. The van der Waals surface area contributed by atoms with Crippen LogP contribution in [-0.2, 0) is 9.53 Å². The highest BCUT2D eigenvalue weighted by Gasteiger charge is 2.34. The standard InChI is InChI=1S/C15H20N2O3/c1-15(7-9-16-10-8-15)14(19)17-12-5-3-11(4-6-12)13(18)20-2/h3-6,16H,7-10H2,1-2H3,(H,17,19). The molecule has 1 amide bonds. The van der Waals surface area contributed by atoms with Crippen molar-refractivity contribution in [1.29, 1.82) is 0 Å². The first kappa shape index (κ1) is 14.5. The second-order valence-corrected chi connectivity index (χ2v) is 5.33. The molecule has 0 aromatic heterocycles. The van der Waals surface area contributed by atoms with E-state index in [0.29, 0.717) is 11.3 Å². The lowest BCUT2D eigenvalue weighted by Gasteiger charge is -2.32. The molecule has 108 valence electrons. The Bertz CT molecular complexity index is 490. The number of esters is 1. The van der Waals surface area contributed by atoms with Gasteiger partial charge in [0.25, 0.3) is 0 Å². The van der Waals surface area contributed by atoms with Crippen molar-refractivity contribution < 1.29 is 14.3 Å². The topological polar surface area (TPSA) is 67.4 Å². The van der Waals surface area contributed by atoms with Crippen molar-refractivity contribution in [1.82, 2.24) is 5.32 Å². The quantitative estimate of drug-likeness (QED) is 0.826. The van der Waals surface area contributed by atoms with Gasteiger partial charge in [0, 0.05) is 11.1 Å². The summed E-state index contributed by atoms with van der Waals surface area (Å²) in [5, 5.41) is 6.17. The number of hydrogen-bond acceptors (Lipinski definition) is 4. The van der Waals surface area contributed by atoms with Crippen LogP contribution in [0, 0.1) is 5.41 Å². The number of rotatable bonds is 3. The Morgan fingerprint density at radius 2 is 1.80 bits per heavy atom. The lowest BCUT2D eigenvalue weighted by atomic mass is 9.80. The van der Waals surface area contributed by atoms with Gasteiger partial charge in [-0.15, -0.1) is 0 Å². The molecule has 0 bridgehead atoms. The van der Waals surface area contributed by atoms with E-state index in [1.54, 1.807) is 24.3 Å². The molecule has 20 heavy (non-hydrogen) atoms. The Morgan fingerprint density at radius 3 is 2.35 bits per heavy atom. The highest BCUT2D eigenvalue weighted by atomic mass is 16.5. The second-order valence-electron chi connectivity index (χ2n) is 5.33. The number of benzene rings is 1. The van der Waals surface area contributed by atoms with E-state index in [-0.39, 0.29) is 17.3 Å². The van der Waals surface area contributed by atoms with Crippen LogP contribution < -0.4 is 10.6 Å². The number of nitrogens with one attached hydrogen (secondary N) is 2. The molecule has 2 N–H and O–H groups in total. The minimum absolute atomic E-state index is 0.0322. The van der Waals surface area contributed by atoms with Crippen molar-refractivity contribution in [2.75, 3.05) is 25.5 Å². The lowest BCUT2D eigenvalue weighted by Crippen LogP contribution is -2.42. The molecule has 1 heterocycles. The Balaban J connectivity index is 2.02. The van der Waals surface area contributed by atoms with Gasteiger partial charge in [0.05, 0.1) is 12.7 Å². The molecular weight excluding hydrogens is 256 g/mol. The van der Waals surface area contributed by atoms with Crippen LogP contribution in [0.4, 0.5) is 5.69 Å². The van der Waals surface area contributed by atoms with Crippen LogP contribution in [0.25, 0.3) is 0 Å². The third-order valence-corrected chi connectivity index (χ3v) is 3.82. The average molecular weight is 276 g/mol. The van der Waals surface area contributed by atoms with Gasteiger partial charge in [-0.2, -0.15) is 0 Å². The van der Waals surface area contributed by atoms with Crippen LogP contribution in [-0.4, -0.2) is 32.1 Å². The third kappa shape index (κ3) is 3.17. The minimum atomic E-state index is -0.381. The smallest absolute Gasteiger partial charge is 0.337 e. The molecule has 2 rings (SSSR count). The Labute approximate surface area is 118 Å². The molecule has 1 aliphatic rings. The van der Waals surface area contributed by atoms with Crippen LogP contribution in [0.3, 0.4) is 0 Å². The van der Waals surface area contributed by atoms with Crippen molar-refractivity contribution in [2.24, 2.45) is 5.41 Å². The average Bonchev–Trinajstić information content (AvgIpc) is 2.48. The lowest BCUT2D eigenvalue weighted by molar-refractivity contribution is -0.126. The number of methoxy groups -OCH3 is 1. The van der Waals surface area contributed by atoms with Crippen LogP contribution in [0.5, 0.6) is 0 Å². The number of hydrogen-bond donors (Lipinski definition) is 2. The van der Waals surface area contributed by atoms with Crippen LogP contribution in [0.1, 0.15) is 30.1 Å². The van der Waals surface area contributed by atoms with E-state index >= 15 is 0 Å². The third-order valence-electron chi connectivity index (χ3n) is 3.82. The number of carbonyl (C=O) groups excluding carboxylic acids is 2. The summed E-state index contributed by atoms with van der Waals surface area (Å²) in [6.45, 7) is 3.72. The summed E-state index contributed by atoms with van der Waals surface area (Å²) in [7, 11) is 1.34. The van der Waals surface area contributed by atoms with Gasteiger partial charge >= 0.3 is 5.97 Å². The second kappa shape index (κ2) is 6.05. The van der Waals surface area contributed by atoms with Gasteiger partial charge in [-0.3, -0.25) is 4.79 Å². The summed E-state index contributed by atoms with van der Waals surface area (Å²) in [5.41, 5.74) is 0.840. The van der Waals surface area contributed by atoms with Gasteiger partial charge in [0.15, 0.2) is 0 Å². The number of ether oxygens (including phenoxy) is 1. The Morgan fingerprint density at radius 1 is 1.20 bits per heavy atom. The molecule has 1 saturated heterocycles. The van der Waals surface area contributed by atoms with E-state index in [2.05, 4.69) is 15.4 Å². The summed E-state index contributed by atoms with van der Waals surface area (Å²) < 4.78 is 4.64. The molecule has 1 fully saturated rings. The highest BCUT2D eigenvalue weighted by Crippen LogP contribution is 2.29. The van der Waals surface area contributed by atoms with E-state index in [1.165, 1.54) is 7.11 Å². The molecule has 1 aromatic rings. The number of carbonyl (C=O) groups is 2. The first-order valence-electron chi connectivity index (χ1n) is 6.76. The maximum absolute atomic E-state index is 12.3. The maximum Gasteiger partial charge on any atom is 0.337 e. The van der Waals surface area contributed by atoms with Crippen LogP contribution in [0.15, 0.2) is 24.3 Å². The van der Waals surface area contributed by atoms with Crippen molar-refractivity contribution in [3.8, 4) is 0 Å². The summed E-state index contributed by atoms with van der Waals surface area (Å²) in [5.74, 6) is -0.349. The fourth-order valence-corrected chi connectivity index (χ4v) is 2.30. The summed E-state index contributed by atoms with van der Waals surface area (Å²) >= 11 is 0. The largest absolute Gasteiger partial charge is 0.465 e. The number of piperidine rings is 1. The Kier molecular flexibility index (Phi) is 4.39. The molecule has 0 unspecified atom stereocenters. The molecular formula is C15H20N2O3. The van der Waals surface area contributed by atoms with Crippen molar-refractivity contribution in [3.05, 3.63) is 29.8 Å². The molecule has 1 aromatic carbocycles. The molecule has 0 aliphatic carbocycles. The summed E-state index contributed by atoms with van der Waals surface area (Å²) in [4.78, 5) is 23.7. The molecule has 0 spiro atoms. The van der Waals surface area contributed by atoms with Gasteiger partial charge in [-0.1, -0.05) is 6.92 Å². The number of amides is 1. The summed E-state index contributed by atoms with van der Waals surface area (Å²) in [6, 6.07) is 6.72. The van der Waals surface area contributed by atoms with Crippen molar-refractivity contribution >= 4 is 17.6 Å². The first-order valence-corrected chi connectivity index (χ1v) is 6.76. The summed E-state index contributed by atoms with van der Waals surface area (Å²) in [6.07, 6.45) is 1.66.